The predicted octanol–water partition coefficient (Wildman–Crippen LogP) is 0.700. The maximum absolute atomic E-state index is 11.2. The minimum Gasteiger partial charge on any atom is -0.394 e. The van der Waals surface area contributed by atoms with E-state index in [1.807, 2.05) is 30.3 Å². The SMILES string of the molecule is CC(CO)NC(=O)N/N=C\c1ccccc1. The summed E-state index contributed by atoms with van der Waals surface area (Å²) < 4.78 is 0. The van der Waals surface area contributed by atoms with Gasteiger partial charge in [-0.1, -0.05) is 30.3 Å². The van der Waals surface area contributed by atoms with Crippen molar-refractivity contribution in [3.63, 3.8) is 0 Å². The van der Waals surface area contributed by atoms with Crippen molar-refractivity contribution in [2.24, 2.45) is 5.10 Å². The lowest BCUT2D eigenvalue weighted by atomic mass is 10.2. The number of rotatable bonds is 4. The highest BCUT2D eigenvalue weighted by atomic mass is 16.3. The van der Waals surface area contributed by atoms with Crippen LogP contribution in [0.15, 0.2) is 35.4 Å². The van der Waals surface area contributed by atoms with Crippen LogP contribution in [0.5, 0.6) is 0 Å². The third-order valence-electron chi connectivity index (χ3n) is 1.83. The van der Waals surface area contributed by atoms with Crippen molar-refractivity contribution in [3.05, 3.63) is 35.9 Å². The molecule has 0 aliphatic carbocycles. The van der Waals surface area contributed by atoms with Gasteiger partial charge in [-0.05, 0) is 12.5 Å². The van der Waals surface area contributed by atoms with Gasteiger partial charge in [-0.3, -0.25) is 0 Å². The highest BCUT2D eigenvalue weighted by Gasteiger charge is 2.03. The summed E-state index contributed by atoms with van der Waals surface area (Å²) in [6.45, 7) is 1.59. The predicted molar refractivity (Wildman–Crippen MR) is 62.3 cm³/mol. The summed E-state index contributed by atoms with van der Waals surface area (Å²) in [6, 6.07) is 8.70. The zero-order valence-electron chi connectivity index (χ0n) is 9.05. The third kappa shape index (κ3) is 4.56. The molecular formula is C11H15N3O2. The van der Waals surface area contributed by atoms with Crippen LogP contribution >= 0.6 is 0 Å². The summed E-state index contributed by atoms with van der Waals surface area (Å²) in [5.41, 5.74) is 3.21. The van der Waals surface area contributed by atoms with Gasteiger partial charge in [-0.2, -0.15) is 5.10 Å². The van der Waals surface area contributed by atoms with E-state index in [0.29, 0.717) is 0 Å². The lowest BCUT2D eigenvalue weighted by molar-refractivity contribution is 0.221. The Bertz CT molecular complexity index is 352. The summed E-state index contributed by atoms with van der Waals surface area (Å²) in [7, 11) is 0. The molecule has 2 amide bonds. The Morgan fingerprint density at radius 1 is 1.50 bits per heavy atom. The molecule has 1 aromatic rings. The van der Waals surface area contributed by atoms with Crippen molar-refractivity contribution >= 4 is 12.2 Å². The second-order valence-electron chi connectivity index (χ2n) is 3.34. The lowest BCUT2D eigenvalue weighted by Gasteiger charge is -2.08. The first-order valence-corrected chi connectivity index (χ1v) is 4.98. The van der Waals surface area contributed by atoms with Crippen LogP contribution in [0, 0.1) is 0 Å². The Morgan fingerprint density at radius 2 is 2.19 bits per heavy atom. The Labute approximate surface area is 94.2 Å². The van der Waals surface area contributed by atoms with E-state index in [0.717, 1.165) is 5.56 Å². The molecule has 0 saturated carbocycles. The summed E-state index contributed by atoms with van der Waals surface area (Å²) in [4.78, 5) is 11.2. The molecule has 0 aliphatic rings. The number of aliphatic hydroxyl groups excluding tert-OH is 1. The topological polar surface area (TPSA) is 73.7 Å². The van der Waals surface area contributed by atoms with Crippen molar-refractivity contribution in [2.45, 2.75) is 13.0 Å². The van der Waals surface area contributed by atoms with Crippen molar-refractivity contribution in [3.8, 4) is 0 Å². The molecular weight excluding hydrogens is 206 g/mol. The van der Waals surface area contributed by atoms with Gasteiger partial charge in [0, 0.05) is 0 Å². The molecule has 0 aliphatic heterocycles. The molecule has 0 radical (unpaired) electrons. The average Bonchev–Trinajstić information content (AvgIpc) is 2.30. The van der Waals surface area contributed by atoms with Gasteiger partial charge in [-0.15, -0.1) is 0 Å². The molecule has 1 atom stereocenters. The Hall–Kier alpha value is -1.88. The zero-order chi connectivity index (χ0) is 11.8. The van der Waals surface area contributed by atoms with Crippen LogP contribution < -0.4 is 10.7 Å². The quantitative estimate of drug-likeness (QED) is 0.517. The molecule has 0 aromatic heterocycles. The molecule has 5 nitrogen and oxygen atoms in total. The number of benzene rings is 1. The highest BCUT2D eigenvalue weighted by molar-refractivity contribution is 5.81. The van der Waals surface area contributed by atoms with E-state index in [-0.39, 0.29) is 12.6 Å². The summed E-state index contributed by atoms with van der Waals surface area (Å²) in [5, 5.41) is 15.0. The van der Waals surface area contributed by atoms with Gasteiger partial charge in [0.05, 0.1) is 18.9 Å². The number of carbonyl (C=O) groups is 1. The largest absolute Gasteiger partial charge is 0.394 e. The molecule has 86 valence electrons. The summed E-state index contributed by atoms with van der Waals surface area (Å²) in [5.74, 6) is 0. The second-order valence-corrected chi connectivity index (χ2v) is 3.34. The molecule has 1 rings (SSSR count). The maximum atomic E-state index is 11.2. The molecule has 0 spiro atoms. The fourth-order valence-corrected chi connectivity index (χ4v) is 1.01. The van der Waals surface area contributed by atoms with Gasteiger partial charge in [0.1, 0.15) is 0 Å². The third-order valence-corrected chi connectivity index (χ3v) is 1.83. The van der Waals surface area contributed by atoms with E-state index >= 15 is 0 Å². The number of carbonyl (C=O) groups excluding carboxylic acids is 1. The smallest absolute Gasteiger partial charge is 0.335 e. The van der Waals surface area contributed by atoms with Gasteiger partial charge in [0.2, 0.25) is 0 Å². The van der Waals surface area contributed by atoms with Gasteiger partial charge < -0.3 is 10.4 Å². The molecule has 1 aromatic carbocycles. The fraction of sp³-hybridized carbons (Fsp3) is 0.273. The first-order valence-electron chi connectivity index (χ1n) is 4.98. The number of hydrogen-bond donors (Lipinski definition) is 3. The van der Waals surface area contributed by atoms with Crippen molar-refractivity contribution in [1.29, 1.82) is 0 Å². The standard InChI is InChI=1S/C11H15N3O2/c1-9(8-15)13-11(16)14-12-7-10-5-3-2-4-6-10/h2-7,9,15H,8H2,1H3,(H2,13,14,16)/b12-7-. The van der Waals surface area contributed by atoms with Crippen molar-refractivity contribution < 1.29 is 9.90 Å². The molecule has 0 saturated heterocycles. The van der Waals surface area contributed by atoms with Gasteiger partial charge in [0.25, 0.3) is 0 Å². The Balaban J connectivity index is 2.34. The maximum Gasteiger partial charge on any atom is 0.335 e. The van der Waals surface area contributed by atoms with Crippen LogP contribution in [0.3, 0.4) is 0 Å². The molecule has 1 unspecified atom stereocenters. The molecule has 0 fully saturated rings. The van der Waals surface area contributed by atoms with Crippen LogP contribution in [-0.4, -0.2) is 30.0 Å². The van der Waals surface area contributed by atoms with Crippen LogP contribution in [-0.2, 0) is 0 Å². The van der Waals surface area contributed by atoms with Crippen LogP contribution in [0.25, 0.3) is 0 Å². The number of nitrogens with zero attached hydrogens (tertiary/aromatic N) is 1. The Morgan fingerprint density at radius 3 is 2.81 bits per heavy atom. The number of hydrogen-bond acceptors (Lipinski definition) is 3. The molecule has 5 heteroatoms. The number of nitrogens with one attached hydrogen (secondary N) is 2. The van der Waals surface area contributed by atoms with E-state index in [2.05, 4.69) is 15.8 Å². The second kappa shape index (κ2) is 6.58. The number of amides is 2. The molecule has 0 bridgehead atoms. The van der Waals surface area contributed by atoms with E-state index in [9.17, 15) is 4.79 Å². The van der Waals surface area contributed by atoms with Crippen LogP contribution in [0.2, 0.25) is 0 Å². The van der Waals surface area contributed by atoms with E-state index in [4.69, 9.17) is 5.11 Å². The van der Waals surface area contributed by atoms with E-state index in [1.165, 1.54) is 0 Å². The highest BCUT2D eigenvalue weighted by Crippen LogP contribution is 1.92. The number of urea groups is 1. The minimum atomic E-state index is -0.436. The first-order chi connectivity index (χ1) is 7.72. The van der Waals surface area contributed by atoms with Gasteiger partial charge in [0.15, 0.2) is 0 Å². The van der Waals surface area contributed by atoms with Crippen molar-refractivity contribution in [1.82, 2.24) is 10.7 Å². The minimum absolute atomic E-state index is 0.101. The van der Waals surface area contributed by atoms with Crippen LogP contribution in [0.4, 0.5) is 4.79 Å². The zero-order valence-corrected chi connectivity index (χ0v) is 9.05. The van der Waals surface area contributed by atoms with Gasteiger partial charge >= 0.3 is 6.03 Å². The average molecular weight is 221 g/mol. The van der Waals surface area contributed by atoms with Crippen molar-refractivity contribution in [2.75, 3.05) is 6.61 Å². The van der Waals surface area contributed by atoms with Gasteiger partial charge in [-0.25, -0.2) is 10.2 Å². The van der Waals surface area contributed by atoms with Crippen LogP contribution in [0.1, 0.15) is 12.5 Å². The van der Waals surface area contributed by atoms with E-state index in [1.54, 1.807) is 13.1 Å². The molecule has 16 heavy (non-hydrogen) atoms. The fourth-order valence-electron chi connectivity index (χ4n) is 1.01. The number of hydrazone groups is 1. The summed E-state index contributed by atoms with van der Waals surface area (Å²) >= 11 is 0. The normalized spacial score (nSPS) is 12.4. The Kier molecular flexibility index (Phi) is 5.01. The monoisotopic (exact) mass is 221 g/mol. The first kappa shape index (κ1) is 12.2. The number of aliphatic hydroxyl groups is 1. The molecule has 3 N–H and O–H groups in total. The lowest BCUT2D eigenvalue weighted by Crippen LogP contribution is -2.40. The summed E-state index contributed by atoms with van der Waals surface area (Å²) in [6.07, 6.45) is 1.54. The van der Waals surface area contributed by atoms with E-state index < -0.39 is 6.03 Å². The molecule has 0 heterocycles.